The fourth-order valence-electron chi connectivity index (χ4n) is 4.21. The molecule has 0 saturated carbocycles. The molecule has 3 aliphatic rings. The van der Waals surface area contributed by atoms with Crippen molar-refractivity contribution in [3.05, 3.63) is 42.0 Å². The van der Waals surface area contributed by atoms with Crippen molar-refractivity contribution in [1.82, 2.24) is 4.90 Å². The van der Waals surface area contributed by atoms with E-state index in [-0.39, 0.29) is 29.6 Å². The number of amides is 3. The van der Waals surface area contributed by atoms with Crippen LogP contribution in [0.25, 0.3) is 0 Å². The molecule has 4 rings (SSSR count). The lowest BCUT2D eigenvalue weighted by molar-refractivity contribution is -0.154. The van der Waals surface area contributed by atoms with Gasteiger partial charge in [-0.05, 0) is 37.3 Å². The van der Waals surface area contributed by atoms with E-state index < -0.39 is 19.1 Å². The highest BCUT2D eigenvalue weighted by Crippen LogP contribution is 2.34. The van der Waals surface area contributed by atoms with Crippen molar-refractivity contribution in [1.29, 1.82) is 0 Å². The van der Waals surface area contributed by atoms with Crippen LogP contribution < -0.4 is 4.90 Å². The molecule has 0 spiro atoms. The molecule has 2 atom stereocenters. The molecule has 2 aliphatic heterocycles. The van der Waals surface area contributed by atoms with Gasteiger partial charge in [0.2, 0.25) is 11.8 Å². The Morgan fingerprint density at radius 2 is 1.71 bits per heavy atom. The number of carbonyl (C=O) groups excluding carboxylic acids is 4. The number of imide groups is 1. The van der Waals surface area contributed by atoms with Crippen LogP contribution in [0.1, 0.15) is 24.8 Å². The van der Waals surface area contributed by atoms with Gasteiger partial charge in [-0.2, -0.15) is 0 Å². The molecule has 0 radical (unpaired) electrons. The fraction of sp³-hybridized carbons (Fsp3) is 0.429. The van der Waals surface area contributed by atoms with E-state index in [9.17, 15) is 19.2 Å². The summed E-state index contributed by atoms with van der Waals surface area (Å²) in [6.07, 6.45) is 6.59. The molecule has 28 heavy (non-hydrogen) atoms. The molecule has 0 aromatic heterocycles. The lowest BCUT2D eigenvalue weighted by atomic mass is 9.85. The number of aryl methyl sites for hydroxylation is 1. The van der Waals surface area contributed by atoms with Gasteiger partial charge in [0.25, 0.3) is 5.91 Å². The first kappa shape index (κ1) is 18.4. The van der Waals surface area contributed by atoms with Crippen LogP contribution in [0.4, 0.5) is 5.69 Å². The number of hydrogen-bond donors (Lipinski definition) is 0. The SMILES string of the molecule is O=C(CN1C(=O)[C@H]2CC=CC[C@H]2C1=O)OCC(=O)N1CCCc2ccccc21. The highest BCUT2D eigenvalue weighted by Gasteiger charge is 2.47. The highest BCUT2D eigenvalue weighted by atomic mass is 16.5. The number of benzene rings is 1. The quantitative estimate of drug-likeness (QED) is 0.447. The van der Waals surface area contributed by atoms with Gasteiger partial charge in [0.1, 0.15) is 6.54 Å². The number of anilines is 1. The third-order valence-corrected chi connectivity index (χ3v) is 5.65. The van der Waals surface area contributed by atoms with Crippen molar-refractivity contribution in [3.8, 4) is 0 Å². The minimum atomic E-state index is -0.744. The van der Waals surface area contributed by atoms with E-state index in [1.165, 1.54) is 0 Å². The summed E-state index contributed by atoms with van der Waals surface area (Å²) in [6.45, 7) is -0.265. The molecule has 0 bridgehead atoms. The second-order valence-corrected chi connectivity index (χ2v) is 7.36. The third kappa shape index (κ3) is 3.32. The number of fused-ring (bicyclic) bond motifs is 2. The summed E-state index contributed by atoms with van der Waals surface area (Å²) in [5.74, 6) is -2.46. The van der Waals surface area contributed by atoms with E-state index in [4.69, 9.17) is 4.74 Å². The van der Waals surface area contributed by atoms with E-state index in [1.54, 1.807) is 4.90 Å². The third-order valence-electron chi connectivity index (χ3n) is 5.65. The summed E-state index contributed by atoms with van der Waals surface area (Å²) in [5.41, 5.74) is 1.94. The Kier molecular flexibility index (Phi) is 4.98. The molecule has 1 fully saturated rings. The number of nitrogens with zero attached hydrogens (tertiary/aromatic N) is 2. The predicted octanol–water partition coefficient (Wildman–Crippen LogP) is 1.46. The molecule has 7 nitrogen and oxygen atoms in total. The van der Waals surface area contributed by atoms with Gasteiger partial charge in [-0.1, -0.05) is 30.4 Å². The Morgan fingerprint density at radius 3 is 2.43 bits per heavy atom. The number of ether oxygens (including phenoxy) is 1. The van der Waals surface area contributed by atoms with Gasteiger partial charge >= 0.3 is 5.97 Å². The molecule has 0 unspecified atom stereocenters. The maximum absolute atomic E-state index is 12.5. The molecule has 3 amide bonds. The Labute approximate surface area is 162 Å². The van der Waals surface area contributed by atoms with Gasteiger partial charge in [-0.3, -0.25) is 24.1 Å². The maximum atomic E-state index is 12.5. The Hall–Kier alpha value is -2.96. The van der Waals surface area contributed by atoms with E-state index in [1.807, 2.05) is 36.4 Å². The standard InChI is InChI=1S/C21H22N2O5/c24-18(22-11-5-7-14-6-1-4-10-17(14)22)13-28-19(25)12-23-20(26)15-8-2-3-9-16(15)21(23)27/h1-4,6,10,15-16H,5,7-9,11-13H2/t15-,16+. The van der Waals surface area contributed by atoms with Crippen molar-refractivity contribution in [2.45, 2.75) is 25.7 Å². The predicted molar refractivity (Wildman–Crippen MR) is 100 cm³/mol. The first-order chi connectivity index (χ1) is 13.6. The molecular weight excluding hydrogens is 360 g/mol. The van der Waals surface area contributed by atoms with Crippen molar-refractivity contribution in [2.24, 2.45) is 11.8 Å². The van der Waals surface area contributed by atoms with E-state index in [0.717, 1.165) is 29.0 Å². The summed E-state index contributed by atoms with van der Waals surface area (Å²) in [6, 6.07) is 7.67. The lowest BCUT2D eigenvalue weighted by Gasteiger charge is -2.29. The van der Waals surface area contributed by atoms with Crippen molar-refractivity contribution in [3.63, 3.8) is 0 Å². The minimum Gasteiger partial charge on any atom is -0.454 e. The molecule has 7 heteroatoms. The molecule has 1 saturated heterocycles. The molecular formula is C21H22N2O5. The summed E-state index contributed by atoms with van der Waals surface area (Å²) < 4.78 is 5.09. The second-order valence-electron chi connectivity index (χ2n) is 7.36. The number of likely N-dealkylation sites (tertiary alicyclic amines) is 1. The van der Waals surface area contributed by atoms with Crippen LogP contribution in [0, 0.1) is 11.8 Å². The summed E-state index contributed by atoms with van der Waals surface area (Å²) in [5, 5.41) is 0. The monoisotopic (exact) mass is 382 g/mol. The van der Waals surface area contributed by atoms with Gasteiger partial charge in [0.05, 0.1) is 11.8 Å². The Bertz CT molecular complexity index is 836. The first-order valence-electron chi connectivity index (χ1n) is 9.60. The smallest absolute Gasteiger partial charge is 0.326 e. The Balaban J connectivity index is 1.33. The molecule has 2 heterocycles. The molecule has 1 aromatic carbocycles. The summed E-state index contributed by atoms with van der Waals surface area (Å²) >= 11 is 0. The summed E-state index contributed by atoms with van der Waals surface area (Å²) in [4.78, 5) is 52.1. The van der Waals surface area contributed by atoms with Gasteiger partial charge in [-0.25, -0.2) is 0 Å². The van der Waals surface area contributed by atoms with Gasteiger partial charge in [0.15, 0.2) is 6.61 Å². The lowest BCUT2D eigenvalue weighted by Crippen LogP contribution is -2.40. The van der Waals surface area contributed by atoms with Crippen LogP contribution in [0.3, 0.4) is 0 Å². The summed E-state index contributed by atoms with van der Waals surface area (Å²) in [7, 11) is 0. The number of esters is 1. The molecule has 1 aromatic rings. The average molecular weight is 382 g/mol. The highest BCUT2D eigenvalue weighted by molar-refractivity contribution is 6.07. The normalized spacial score (nSPS) is 23.4. The van der Waals surface area contributed by atoms with Crippen molar-refractivity contribution < 1.29 is 23.9 Å². The zero-order valence-corrected chi connectivity index (χ0v) is 15.5. The largest absolute Gasteiger partial charge is 0.454 e. The van der Waals surface area contributed by atoms with E-state index >= 15 is 0 Å². The molecule has 146 valence electrons. The topological polar surface area (TPSA) is 84.0 Å². The average Bonchev–Trinajstić information content (AvgIpc) is 2.96. The minimum absolute atomic E-state index is 0.308. The van der Waals surface area contributed by atoms with Crippen LogP contribution in [-0.4, -0.2) is 48.3 Å². The number of rotatable bonds is 4. The zero-order chi connectivity index (χ0) is 19.7. The fourth-order valence-corrected chi connectivity index (χ4v) is 4.21. The van der Waals surface area contributed by atoms with E-state index in [2.05, 4.69) is 0 Å². The van der Waals surface area contributed by atoms with Gasteiger partial charge in [0, 0.05) is 12.2 Å². The van der Waals surface area contributed by atoms with Gasteiger partial charge in [-0.15, -0.1) is 0 Å². The van der Waals surface area contributed by atoms with Crippen LogP contribution in [0.15, 0.2) is 36.4 Å². The number of allylic oxidation sites excluding steroid dienone is 2. The van der Waals surface area contributed by atoms with Crippen molar-refractivity contribution in [2.75, 3.05) is 24.6 Å². The number of hydrogen-bond acceptors (Lipinski definition) is 5. The van der Waals surface area contributed by atoms with Crippen LogP contribution in [0.2, 0.25) is 0 Å². The second kappa shape index (κ2) is 7.58. The van der Waals surface area contributed by atoms with Crippen LogP contribution in [-0.2, 0) is 30.3 Å². The number of para-hydroxylation sites is 1. The Morgan fingerprint density at radius 1 is 1.04 bits per heavy atom. The zero-order valence-electron chi connectivity index (χ0n) is 15.5. The van der Waals surface area contributed by atoms with Crippen molar-refractivity contribution >= 4 is 29.4 Å². The maximum Gasteiger partial charge on any atom is 0.326 e. The van der Waals surface area contributed by atoms with Crippen LogP contribution >= 0.6 is 0 Å². The van der Waals surface area contributed by atoms with E-state index in [0.29, 0.717) is 19.4 Å². The number of carbonyl (C=O) groups is 4. The first-order valence-corrected chi connectivity index (χ1v) is 9.60. The van der Waals surface area contributed by atoms with Crippen LogP contribution in [0.5, 0.6) is 0 Å². The van der Waals surface area contributed by atoms with Gasteiger partial charge < -0.3 is 9.64 Å². The molecule has 1 aliphatic carbocycles. The molecule has 0 N–H and O–H groups in total.